The minimum atomic E-state index is -0.975. The Balaban J connectivity index is 1.63. The molecule has 0 radical (unpaired) electrons. The van der Waals surface area contributed by atoms with Crippen LogP contribution in [0.25, 0.3) is 0 Å². The molecule has 1 aliphatic carbocycles. The fraction of sp³-hybridized carbons (Fsp3) is 0.588. The van der Waals surface area contributed by atoms with Crippen molar-refractivity contribution < 1.29 is 9.18 Å². The van der Waals surface area contributed by atoms with Crippen molar-refractivity contribution in [1.82, 2.24) is 10.6 Å². The number of piperidine rings is 1. The van der Waals surface area contributed by atoms with E-state index >= 15 is 0 Å². The van der Waals surface area contributed by atoms with Crippen molar-refractivity contribution in [2.75, 3.05) is 13.1 Å². The van der Waals surface area contributed by atoms with Gasteiger partial charge in [-0.3, -0.25) is 4.79 Å². The first-order valence-electron chi connectivity index (χ1n) is 7.80. The molecule has 3 rings (SSSR count). The molecule has 1 aliphatic heterocycles. The van der Waals surface area contributed by atoms with E-state index in [0.29, 0.717) is 13.0 Å². The molecule has 3 nitrogen and oxygen atoms in total. The lowest BCUT2D eigenvalue weighted by atomic mass is 9.93. The molecule has 1 aromatic rings. The highest BCUT2D eigenvalue weighted by Crippen LogP contribution is 2.48. The molecule has 114 valence electrons. The van der Waals surface area contributed by atoms with E-state index in [9.17, 15) is 9.18 Å². The van der Waals surface area contributed by atoms with Gasteiger partial charge in [-0.1, -0.05) is 29.8 Å². The Labute approximate surface area is 125 Å². The molecule has 2 N–H and O–H groups in total. The number of carbonyl (C=O) groups excluding carboxylic acids is 1. The molecule has 2 fully saturated rings. The molecule has 1 amide bonds. The van der Waals surface area contributed by atoms with Crippen molar-refractivity contribution in [3.8, 4) is 0 Å². The van der Waals surface area contributed by atoms with Gasteiger partial charge in [0.05, 0.1) is 11.5 Å². The van der Waals surface area contributed by atoms with Gasteiger partial charge in [-0.15, -0.1) is 0 Å². The number of amides is 1. The Kier molecular flexibility index (Phi) is 3.98. The predicted molar refractivity (Wildman–Crippen MR) is 80.9 cm³/mol. The lowest BCUT2D eigenvalue weighted by Gasteiger charge is -2.29. The number of hydrogen-bond acceptors (Lipinski definition) is 2. The molecule has 1 saturated carbocycles. The summed E-state index contributed by atoms with van der Waals surface area (Å²) in [6.07, 6.45) is 2.29. The van der Waals surface area contributed by atoms with Crippen molar-refractivity contribution in [3.05, 3.63) is 35.4 Å². The van der Waals surface area contributed by atoms with Crippen LogP contribution in [0.4, 0.5) is 4.39 Å². The predicted octanol–water partition coefficient (Wildman–Crippen LogP) is 2.13. The normalized spacial score (nSPS) is 27.1. The van der Waals surface area contributed by atoms with Gasteiger partial charge in [-0.2, -0.15) is 0 Å². The fourth-order valence-electron chi connectivity index (χ4n) is 3.15. The van der Waals surface area contributed by atoms with Crippen molar-refractivity contribution in [2.24, 2.45) is 5.41 Å². The van der Waals surface area contributed by atoms with E-state index in [1.54, 1.807) is 0 Å². The molecule has 0 bridgehead atoms. The third-order valence-electron chi connectivity index (χ3n) is 4.68. The minimum absolute atomic E-state index is 0.0403. The fourth-order valence-corrected chi connectivity index (χ4v) is 3.15. The Morgan fingerprint density at radius 1 is 1.48 bits per heavy atom. The summed E-state index contributed by atoms with van der Waals surface area (Å²) in [5.74, 6) is 0.0403. The van der Waals surface area contributed by atoms with E-state index in [4.69, 9.17) is 0 Å². The molecule has 0 aromatic heterocycles. The lowest BCUT2D eigenvalue weighted by Crippen LogP contribution is -2.52. The first-order valence-corrected chi connectivity index (χ1v) is 7.80. The van der Waals surface area contributed by atoms with E-state index < -0.39 is 6.17 Å². The molecule has 1 aromatic carbocycles. The smallest absolute Gasteiger partial charge is 0.226 e. The second-order valence-electron chi connectivity index (χ2n) is 6.53. The SMILES string of the molecule is Cc1cccc(CC2(C(=O)N[C@H]3CCNC[C@@H]3F)CC2)c1. The van der Waals surface area contributed by atoms with Crippen LogP contribution in [0.3, 0.4) is 0 Å². The van der Waals surface area contributed by atoms with Crippen LogP contribution in [-0.4, -0.2) is 31.2 Å². The molecule has 4 heteroatoms. The van der Waals surface area contributed by atoms with Crippen LogP contribution in [0.1, 0.15) is 30.4 Å². The van der Waals surface area contributed by atoms with Gasteiger partial charge in [0.1, 0.15) is 6.17 Å². The molecule has 1 saturated heterocycles. The Hall–Kier alpha value is -1.42. The summed E-state index contributed by atoms with van der Waals surface area (Å²) < 4.78 is 13.8. The highest BCUT2D eigenvalue weighted by Gasteiger charge is 2.50. The molecule has 0 unspecified atom stereocenters. The van der Waals surface area contributed by atoms with Crippen LogP contribution >= 0.6 is 0 Å². The van der Waals surface area contributed by atoms with Crippen LogP contribution in [0.15, 0.2) is 24.3 Å². The Bertz CT molecular complexity index is 527. The summed E-state index contributed by atoms with van der Waals surface area (Å²) in [4.78, 5) is 12.5. The zero-order valence-corrected chi connectivity index (χ0v) is 12.5. The number of nitrogens with one attached hydrogen (secondary N) is 2. The van der Waals surface area contributed by atoms with E-state index in [2.05, 4.69) is 35.8 Å². The third-order valence-corrected chi connectivity index (χ3v) is 4.68. The number of halogens is 1. The maximum absolute atomic E-state index is 13.8. The molecular weight excluding hydrogens is 267 g/mol. The maximum Gasteiger partial charge on any atom is 0.226 e. The standard InChI is InChI=1S/C17H23FN2O/c1-12-3-2-4-13(9-12)10-17(6-7-17)16(21)20-15-5-8-19-11-14(15)18/h2-4,9,14-15,19H,5-8,10-11H2,1H3,(H,20,21)/t14-,15-/m0/s1. The summed E-state index contributed by atoms with van der Waals surface area (Å²) >= 11 is 0. The van der Waals surface area contributed by atoms with Gasteiger partial charge in [0.2, 0.25) is 5.91 Å². The minimum Gasteiger partial charge on any atom is -0.350 e. The van der Waals surface area contributed by atoms with E-state index in [-0.39, 0.29) is 17.4 Å². The molecule has 2 aliphatic rings. The summed E-state index contributed by atoms with van der Waals surface area (Å²) in [5, 5.41) is 5.96. The second kappa shape index (κ2) is 5.76. The van der Waals surface area contributed by atoms with E-state index in [0.717, 1.165) is 25.8 Å². The summed E-state index contributed by atoms with van der Waals surface area (Å²) in [6, 6.07) is 7.97. The van der Waals surface area contributed by atoms with Crippen LogP contribution in [0.5, 0.6) is 0 Å². The first kappa shape index (κ1) is 14.5. The van der Waals surface area contributed by atoms with Gasteiger partial charge in [0.15, 0.2) is 0 Å². The van der Waals surface area contributed by atoms with Gasteiger partial charge < -0.3 is 10.6 Å². The van der Waals surface area contributed by atoms with Crippen LogP contribution < -0.4 is 10.6 Å². The monoisotopic (exact) mass is 290 g/mol. The summed E-state index contributed by atoms with van der Waals surface area (Å²) in [5.41, 5.74) is 2.12. The van der Waals surface area contributed by atoms with Crippen molar-refractivity contribution >= 4 is 5.91 Å². The first-order chi connectivity index (χ1) is 10.1. The highest BCUT2D eigenvalue weighted by molar-refractivity contribution is 5.86. The number of aryl methyl sites for hydroxylation is 1. The van der Waals surface area contributed by atoms with Crippen LogP contribution in [-0.2, 0) is 11.2 Å². The highest BCUT2D eigenvalue weighted by atomic mass is 19.1. The lowest BCUT2D eigenvalue weighted by molar-refractivity contribution is -0.127. The number of rotatable bonds is 4. The van der Waals surface area contributed by atoms with Gasteiger partial charge in [-0.05, 0) is 44.7 Å². The number of alkyl halides is 1. The zero-order chi connectivity index (χ0) is 14.9. The molecule has 0 spiro atoms. The average Bonchev–Trinajstić information content (AvgIpc) is 3.22. The number of benzene rings is 1. The summed E-state index contributed by atoms with van der Waals surface area (Å²) in [7, 11) is 0. The Morgan fingerprint density at radius 3 is 2.95 bits per heavy atom. The van der Waals surface area contributed by atoms with Crippen LogP contribution in [0, 0.1) is 12.3 Å². The third kappa shape index (κ3) is 3.26. The second-order valence-corrected chi connectivity index (χ2v) is 6.53. The molecule has 2 atom stereocenters. The maximum atomic E-state index is 13.8. The number of hydrogen-bond donors (Lipinski definition) is 2. The van der Waals surface area contributed by atoms with Gasteiger partial charge in [0, 0.05) is 6.54 Å². The van der Waals surface area contributed by atoms with Crippen LogP contribution in [0.2, 0.25) is 0 Å². The Morgan fingerprint density at radius 2 is 2.29 bits per heavy atom. The quantitative estimate of drug-likeness (QED) is 0.892. The van der Waals surface area contributed by atoms with Crippen molar-refractivity contribution in [3.63, 3.8) is 0 Å². The number of carbonyl (C=O) groups is 1. The molecule has 1 heterocycles. The average molecular weight is 290 g/mol. The van der Waals surface area contributed by atoms with Gasteiger partial charge in [0.25, 0.3) is 0 Å². The van der Waals surface area contributed by atoms with Gasteiger partial charge in [-0.25, -0.2) is 4.39 Å². The van der Waals surface area contributed by atoms with E-state index in [1.807, 2.05) is 6.07 Å². The van der Waals surface area contributed by atoms with Gasteiger partial charge >= 0.3 is 0 Å². The largest absolute Gasteiger partial charge is 0.350 e. The van der Waals surface area contributed by atoms with Crippen molar-refractivity contribution in [2.45, 2.75) is 44.8 Å². The molecule has 21 heavy (non-hydrogen) atoms. The molecular formula is C17H23FN2O. The zero-order valence-electron chi connectivity index (χ0n) is 12.5. The topological polar surface area (TPSA) is 41.1 Å². The van der Waals surface area contributed by atoms with E-state index in [1.165, 1.54) is 11.1 Å². The summed E-state index contributed by atoms with van der Waals surface area (Å²) in [6.45, 7) is 3.18. The van der Waals surface area contributed by atoms with Crippen molar-refractivity contribution in [1.29, 1.82) is 0 Å².